The molecule has 2 heterocycles. The summed E-state index contributed by atoms with van der Waals surface area (Å²) < 4.78 is 5.18. The highest BCUT2D eigenvalue weighted by Crippen LogP contribution is 2.28. The van der Waals surface area contributed by atoms with Gasteiger partial charge in [0.15, 0.2) is 11.6 Å². The van der Waals surface area contributed by atoms with Gasteiger partial charge in [0.05, 0.1) is 9.88 Å². The van der Waals surface area contributed by atoms with Crippen LogP contribution in [0.4, 0.5) is 0 Å². The summed E-state index contributed by atoms with van der Waals surface area (Å²) in [7, 11) is 0. The van der Waals surface area contributed by atoms with Crippen LogP contribution in [-0.4, -0.2) is 20.9 Å². The molecule has 0 saturated heterocycles. The van der Waals surface area contributed by atoms with Gasteiger partial charge in [-0.25, -0.2) is 4.98 Å². The van der Waals surface area contributed by atoms with Gasteiger partial charge in [-0.3, -0.25) is 4.79 Å². The Kier molecular flexibility index (Phi) is 4.56. The van der Waals surface area contributed by atoms with Gasteiger partial charge in [0, 0.05) is 25.0 Å². The molecule has 0 N–H and O–H groups in total. The summed E-state index contributed by atoms with van der Waals surface area (Å²) in [5.74, 6) is 1.46. The van der Waals surface area contributed by atoms with Crippen molar-refractivity contribution in [2.45, 2.75) is 47.5 Å². The number of Topliss-reactive ketones (excluding diaryl/α,β-unsaturated/α-hetero) is 1. The van der Waals surface area contributed by atoms with Gasteiger partial charge < -0.3 is 4.52 Å². The zero-order valence-electron chi connectivity index (χ0n) is 13.1. The van der Waals surface area contributed by atoms with Gasteiger partial charge in [-0.15, -0.1) is 11.3 Å². The first kappa shape index (κ1) is 15.8. The molecule has 0 unspecified atom stereocenters. The van der Waals surface area contributed by atoms with E-state index in [0.29, 0.717) is 18.1 Å². The third kappa shape index (κ3) is 4.20. The largest absolute Gasteiger partial charge is 0.339 e. The quantitative estimate of drug-likeness (QED) is 0.764. The van der Waals surface area contributed by atoms with E-state index in [4.69, 9.17) is 4.52 Å². The number of nitrogens with zero attached hydrogens (tertiary/aromatic N) is 3. The molecule has 0 fully saturated rings. The number of thiazole rings is 1. The fraction of sp³-hybridized carbons (Fsp3) is 0.600. The maximum atomic E-state index is 12.0. The zero-order valence-corrected chi connectivity index (χ0v) is 14.0. The predicted molar refractivity (Wildman–Crippen MR) is 81.5 cm³/mol. The Morgan fingerprint density at radius 2 is 2.10 bits per heavy atom. The lowest BCUT2D eigenvalue weighted by Gasteiger charge is -2.20. The van der Waals surface area contributed by atoms with Crippen LogP contribution in [0.3, 0.4) is 0 Å². The van der Waals surface area contributed by atoms with Crippen LogP contribution in [0.5, 0.6) is 0 Å². The molecule has 0 spiro atoms. The van der Waals surface area contributed by atoms with Crippen molar-refractivity contribution < 1.29 is 9.32 Å². The highest BCUT2D eigenvalue weighted by Gasteiger charge is 2.25. The van der Waals surface area contributed by atoms with Crippen molar-refractivity contribution in [1.29, 1.82) is 0 Å². The fourth-order valence-electron chi connectivity index (χ4n) is 2.08. The predicted octanol–water partition coefficient (Wildman–Crippen LogP) is 3.48. The van der Waals surface area contributed by atoms with E-state index in [0.717, 1.165) is 16.3 Å². The molecule has 2 aromatic heterocycles. The number of aromatic nitrogens is 3. The summed E-state index contributed by atoms with van der Waals surface area (Å²) in [4.78, 5) is 21.3. The molecular weight excluding hydrogens is 286 g/mol. The van der Waals surface area contributed by atoms with Gasteiger partial charge in [-0.1, -0.05) is 32.9 Å². The van der Waals surface area contributed by atoms with Gasteiger partial charge in [-0.2, -0.15) is 4.98 Å². The van der Waals surface area contributed by atoms with Gasteiger partial charge in [0.1, 0.15) is 0 Å². The molecule has 114 valence electrons. The number of hydrogen-bond acceptors (Lipinski definition) is 6. The molecule has 0 bridgehead atoms. The lowest BCUT2D eigenvalue weighted by atomic mass is 9.86. The number of rotatable bonds is 6. The summed E-state index contributed by atoms with van der Waals surface area (Å²) in [5.41, 5.74) is -0.0467. The van der Waals surface area contributed by atoms with Crippen LogP contribution in [0.25, 0.3) is 0 Å². The van der Waals surface area contributed by atoms with Gasteiger partial charge in [0.2, 0.25) is 5.89 Å². The lowest BCUT2D eigenvalue weighted by molar-refractivity contribution is 0.0943. The van der Waals surface area contributed by atoms with Crippen molar-refractivity contribution in [2.24, 2.45) is 11.3 Å². The Bertz CT molecular complexity index is 628. The minimum absolute atomic E-state index is 0.00711. The molecule has 0 amide bonds. The SMILES string of the molecule is Cc1noc(CC(C)(C)Cc2ncc(C(=O)C(C)C)s2)n1. The molecule has 0 aliphatic carbocycles. The first-order valence-electron chi connectivity index (χ1n) is 7.05. The van der Waals surface area contributed by atoms with Crippen molar-refractivity contribution in [3.8, 4) is 0 Å². The first-order valence-corrected chi connectivity index (χ1v) is 7.86. The number of ketones is 1. The van der Waals surface area contributed by atoms with E-state index in [9.17, 15) is 4.79 Å². The van der Waals surface area contributed by atoms with Gasteiger partial charge in [0.25, 0.3) is 0 Å². The van der Waals surface area contributed by atoms with E-state index in [1.807, 2.05) is 20.8 Å². The molecule has 0 aromatic carbocycles. The maximum absolute atomic E-state index is 12.0. The van der Waals surface area contributed by atoms with Crippen molar-refractivity contribution in [2.75, 3.05) is 0 Å². The van der Waals surface area contributed by atoms with Crippen LogP contribution in [0.1, 0.15) is 54.1 Å². The van der Waals surface area contributed by atoms with E-state index < -0.39 is 0 Å². The van der Waals surface area contributed by atoms with E-state index in [1.54, 1.807) is 6.20 Å². The topological polar surface area (TPSA) is 68.9 Å². The summed E-state index contributed by atoms with van der Waals surface area (Å²) >= 11 is 1.48. The standard InChI is InChI=1S/C15H21N3O2S/c1-9(2)14(19)11-8-16-13(21-11)7-15(4,5)6-12-17-10(3)18-20-12/h8-9H,6-7H2,1-5H3. The van der Waals surface area contributed by atoms with Crippen molar-refractivity contribution in [1.82, 2.24) is 15.1 Å². The third-order valence-corrected chi connectivity index (χ3v) is 4.16. The van der Waals surface area contributed by atoms with Crippen molar-refractivity contribution in [3.63, 3.8) is 0 Å². The molecule has 21 heavy (non-hydrogen) atoms. The summed E-state index contributed by atoms with van der Waals surface area (Å²) in [6.07, 6.45) is 3.17. The molecule has 6 heteroatoms. The van der Waals surface area contributed by atoms with Crippen LogP contribution < -0.4 is 0 Å². The summed E-state index contributed by atoms with van der Waals surface area (Å²) in [6, 6.07) is 0. The summed E-state index contributed by atoms with van der Waals surface area (Å²) in [6.45, 7) is 9.90. The minimum Gasteiger partial charge on any atom is -0.339 e. The molecule has 0 radical (unpaired) electrons. The third-order valence-electron chi connectivity index (χ3n) is 3.15. The Balaban J connectivity index is 2.04. The molecule has 2 aromatic rings. The van der Waals surface area contributed by atoms with E-state index in [2.05, 4.69) is 29.0 Å². The van der Waals surface area contributed by atoms with Crippen molar-refractivity contribution >= 4 is 17.1 Å². The maximum Gasteiger partial charge on any atom is 0.227 e. The second kappa shape index (κ2) is 6.05. The lowest BCUT2D eigenvalue weighted by Crippen LogP contribution is -2.18. The highest BCUT2D eigenvalue weighted by atomic mass is 32.1. The molecule has 0 saturated carbocycles. The molecule has 0 aliphatic heterocycles. The number of carbonyl (C=O) groups is 1. The molecule has 0 aliphatic rings. The Morgan fingerprint density at radius 1 is 1.38 bits per heavy atom. The first-order chi connectivity index (χ1) is 9.77. The van der Waals surface area contributed by atoms with E-state index >= 15 is 0 Å². The monoisotopic (exact) mass is 307 g/mol. The van der Waals surface area contributed by atoms with Crippen LogP contribution in [-0.2, 0) is 12.8 Å². The van der Waals surface area contributed by atoms with Crippen LogP contribution >= 0.6 is 11.3 Å². The average Bonchev–Trinajstić information content (AvgIpc) is 2.96. The number of aryl methyl sites for hydroxylation is 1. The fourth-order valence-corrected chi connectivity index (χ4v) is 3.35. The Morgan fingerprint density at radius 3 is 2.67 bits per heavy atom. The second-order valence-corrected chi connectivity index (χ2v) is 7.51. The van der Waals surface area contributed by atoms with E-state index in [-0.39, 0.29) is 17.1 Å². The highest BCUT2D eigenvalue weighted by molar-refractivity contribution is 7.13. The van der Waals surface area contributed by atoms with Crippen LogP contribution in [0.2, 0.25) is 0 Å². The normalized spacial score (nSPS) is 12.1. The summed E-state index contributed by atoms with van der Waals surface area (Å²) in [5, 5.41) is 4.78. The Hall–Kier alpha value is -1.56. The molecule has 0 atom stereocenters. The molecule has 2 rings (SSSR count). The molecule has 5 nitrogen and oxygen atoms in total. The number of hydrogen-bond donors (Lipinski definition) is 0. The minimum atomic E-state index is -0.0467. The smallest absolute Gasteiger partial charge is 0.227 e. The van der Waals surface area contributed by atoms with Crippen LogP contribution in [0, 0.1) is 18.3 Å². The van der Waals surface area contributed by atoms with Gasteiger partial charge >= 0.3 is 0 Å². The zero-order chi connectivity index (χ0) is 15.6. The van der Waals surface area contributed by atoms with Crippen molar-refractivity contribution in [3.05, 3.63) is 27.8 Å². The second-order valence-electron chi connectivity index (χ2n) is 6.39. The van der Waals surface area contributed by atoms with E-state index in [1.165, 1.54) is 11.3 Å². The average molecular weight is 307 g/mol. The number of carbonyl (C=O) groups excluding carboxylic acids is 1. The van der Waals surface area contributed by atoms with Gasteiger partial charge in [-0.05, 0) is 12.3 Å². The molecular formula is C15H21N3O2S. The Labute approximate surface area is 128 Å². The van der Waals surface area contributed by atoms with Crippen LogP contribution in [0.15, 0.2) is 10.7 Å².